The summed E-state index contributed by atoms with van der Waals surface area (Å²) in [5.41, 5.74) is 5.89. The molecule has 2 N–H and O–H groups in total. The molecule has 1 rings (SSSR count). The van der Waals surface area contributed by atoms with Crippen molar-refractivity contribution >= 4 is 0 Å². The Morgan fingerprint density at radius 3 is 2.58 bits per heavy atom. The van der Waals surface area contributed by atoms with E-state index >= 15 is 0 Å². The fraction of sp³-hybridized carbons (Fsp3) is 0.385. The van der Waals surface area contributed by atoms with Crippen LogP contribution >= 0.6 is 0 Å². The summed E-state index contributed by atoms with van der Waals surface area (Å²) in [5.74, 6) is 4.54. The van der Waals surface area contributed by atoms with Gasteiger partial charge < -0.3 is 5.73 Å². The Morgan fingerprint density at radius 2 is 2.00 bits per heavy atom. The molecule has 0 heterocycles. The molecular formula is C13H14F4N2. The zero-order valence-corrected chi connectivity index (χ0v) is 10.4. The SMILES string of the molecule is CN(Cc1ccc(F)c(C#CCN)c1)CC(F)(F)F. The topological polar surface area (TPSA) is 29.3 Å². The Bertz CT molecular complexity index is 486. The quantitative estimate of drug-likeness (QED) is 0.676. The first-order valence-corrected chi connectivity index (χ1v) is 5.54. The maximum absolute atomic E-state index is 13.4. The van der Waals surface area contributed by atoms with E-state index in [1.807, 2.05) is 0 Å². The highest BCUT2D eigenvalue weighted by atomic mass is 19.4. The maximum Gasteiger partial charge on any atom is 0.401 e. The van der Waals surface area contributed by atoms with Gasteiger partial charge in [0.05, 0.1) is 18.7 Å². The lowest BCUT2D eigenvalue weighted by Crippen LogP contribution is -2.30. The van der Waals surface area contributed by atoms with Gasteiger partial charge in [-0.1, -0.05) is 17.9 Å². The third kappa shape index (κ3) is 5.73. The number of halogens is 4. The Balaban J connectivity index is 2.79. The van der Waals surface area contributed by atoms with Gasteiger partial charge >= 0.3 is 6.18 Å². The largest absolute Gasteiger partial charge is 0.401 e. The number of hydrogen-bond acceptors (Lipinski definition) is 2. The minimum Gasteiger partial charge on any atom is -0.320 e. The van der Waals surface area contributed by atoms with Crippen molar-refractivity contribution in [1.29, 1.82) is 0 Å². The molecule has 0 unspecified atom stereocenters. The molecule has 0 aliphatic heterocycles. The third-order valence-electron chi connectivity index (χ3n) is 2.26. The van der Waals surface area contributed by atoms with Gasteiger partial charge in [-0.2, -0.15) is 13.2 Å². The Kier molecular flexibility index (Phi) is 5.33. The third-order valence-corrected chi connectivity index (χ3v) is 2.26. The zero-order valence-electron chi connectivity index (χ0n) is 10.4. The first-order valence-electron chi connectivity index (χ1n) is 5.54. The average Bonchev–Trinajstić information content (AvgIpc) is 2.27. The van der Waals surface area contributed by atoms with E-state index in [1.165, 1.54) is 25.2 Å². The van der Waals surface area contributed by atoms with Crippen LogP contribution < -0.4 is 5.73 Å². The van der Waals surface area contributed by atoms with E-state index in [1.54, 1.807) is 0 Å². The molecule has 19 heavy (non-hydrogen) atoms. The summed E-state index contributed by atoms with van der Waals surface area (Å²) in [7, 11) is 1.35. The lowest BCUT2D eigenvalue weighted by molar-refractivity contribution is -0.144. The van der Waals surface area contributed by atoms with E-state index in [0.29, 0.717) is 5.56 Å². The minimum absolute atomic E-state index is 0.0666. The van der Waals surface area contributed by atoms with Crippen molar-refractivity contribution in [3.8, 4) is 11.8 Å². The van der Waals surface area contributed by atoms with Crippen molar-refractivity contribution in [2.45, 2.75) is 12.7 Å². The number of benzene rings is 1. The van der Waals surface area contributed by atoms with Crippen molar-refractivity contribution in [3.63, 3.8) is 0 Å². The standard InChI is InChI=1S/C13H14F4N2/c1-19(9-13(15,16)17)8-10-4-5-12(14)11(7-10)3-2-6-18/h4-5,7H,6,8-9,18H2,1H3. The number of nitrogens with two attached hydrogens (primary N) is 1. The number of alkyl halides is 3. The van der Waals surface area contributed by atoms with E-state index in [9.17, 15) is 17.6 Å². The lowest BCUT2D eigenvalue weighted by atomic mass is 10.1. The summed E-state index contributed by atoms with van der Waals surface area (Å²) in [4.78, 5) is 1.10. The van der Waals surface area contributed by atoms with Crippen molar-refractivity contribution < 1.29 is 17.6 Å². The summed E-state index contributed by atoms with van der Waals surface area (Å²) >= 11 is 0. The van der Waals surface area contributed by atoms with Crippen LogP contribution in [0, 0.1) is 17.7 Å². The van der Waals surface area contributed by atoms with Gasteiger partial charge in [0.2, 0.25) is 0 Å². The number of rotatable bonds is 3. The van der Waals surface area contributed by atoms with E-state index in [0.717, 1.165) is 4.90 Å². The molecule has 0 spiro atoms. The van der Waals surface area contributed by atoms with E-state index in [2.05, 4.69) is 11.8 Å². The summed E-state index contributed by atoms with van der Waals surface area (Å²) < 4.78 is 49.9. The second-order valence-electron chi connectivity index (χ2n) is 4.11. The number of hydrogen-bond donors (Lipinski definition) is 1. The van der Waals surface area contributed by atoms with E-state index in [4.69, 9.17) is 5.73 Å². The monoisotopic (exact) mass is 274 g/mol. The van der Waals surface area contributed by atoms with Crippen molar-refractivity contribution in [1.82, 2.24) is 4.90 Å². The van der Waals surface area contributed by atoms with Crippen LogP contribution in [0.3, 0.4) is 0 Å². The first-order chi connectivity index (χ1) is 8.81. The summed E-state index contributed by atoms with van der Waals surface area (Å²) in [5, 5.41) is 0. The van der Waals surface area contributed by atoms with Crippen molar-refractivity contribution in [3.05, 3.63) is 35.1 Å². The van der Waals surface area contributed by atoms with E-state index in [-0.39, 0.29) is 18.7 Å². The van der Waals surface area contributed by atoms with Crippen LogP contribution in [0.4, 0.5) is 17.6 Å². The fourth-order valence-electron chi connectivity index (χ4n) is 1.59. The van der Waals surface area contributed by atoms with Gasteiger partial charge in [0, 0.05) is 6.54 Å². The molecule has 0 saturated heterocycles. The van der Waals surface area contributed by atoms with Gasteiger partial charge in [-0.15, -0.1) is 0 Å². The predicted molar refractivity (Wildman–Crippen MR) is 64.7 cm³/mol. The molecule has 2 nitrogen and oxygen atoms in total. The molecule has 0 radical (unpaired) electrons. The first kappa shape index (κ1) is 15.5. The van der Waals surface area contributed by atoms with Crippen molar-refractivity contribution in [2.24, 2.45) is 5.73 Å². The van der Waals surface area contributed by atoms with Gasteiger partial charge in [0.1, 0.15) is 5.82 Å². The highest BCUT2D eigenvalue weighted by Gasteiger charge is 2.29. The molecule has 0 bridgehead atoms. The lowest BCUT2D eigenvalue weighted by Gasteiger charge is -2.18. The Hall–Kier alpha value is -1.58. The molecule has 0 fully saturated rings. The van der Waals surface area contributed by atoms with Crippen LogP contribution in [-0.2, 0) is 6.54 Å². The van der Waals surface area contributed by atoms with Crippen LogP contribution in [0.5, 0.6) is 0 Å². The maximum atomic E-state index is 13.4. The smallest absolute Gasteiger partial charge is 0.320 e. The molecule has 0 saturated carbocycles. The van der Waals surface area contributed by atoms with Gasteiger partial charge in [0.25, 0.3) is 0 Å². The normalized spacial score (nSPS) is 11.3. The number of nitrogens with zero attached hydrogens (tertiary/aromatic N) is 1. The van der Waals surface area contributed by atoms with Gasteiger partial charge in [-0.05, 0) is 24.7 Å². The molecule has 1 aromatic rings. The zero-order chi connectivity index (χ0) is 14.5. The molecule has 1 aromatic carbocycles. The molecule has 0 aromatic heterocycles. The molecular weight excluding hydrogens is 260 g/mol. The fourth-order valence-corrected chi connectivity index (χ4v) is 1.59. The molecule has 0 aliphatic rings. The second-order valence-corrected chi connectivity index (χ2v) is 4.11. The van der Waals surface area contributed by atoms with E-state index < -0.39 is 18.5 Å². The van der Waals surface area contributed by atoms with Gasteiger partial charge in [-0.3, -0.25) is 4.90 Å². The van der Waals surface area contributed by atoms with Crippen LogP contribution in [0.15, 0.2) is 18.2 Å². The van der Waals surface area contributed by atoms with Gasteiger partial charge in [0.15, 0.2) is 0 Å². The Morgan fingerprint density at radius 1 is 1.32 bits per heavy atom. The molecule has 0 atom stereocenters. The summed E-state index contributed by atoms with van der Waals surface area (Å²) in [6, 6.07) is 4.07. The summed E-state index contributed by atoms with van der Waals surface area (Å²) in [6.07, 6.45) is -4.25. The van der Waals surface area contributed by atoms with Crippen LogP contribution in [-0.4, -0.2) is 31.2 Å². The molecule has 104 valence electrons. The molecule has 0 aliphatic carbocycles. The van der Waals surface area contributed by atoms with Crippen molar-refractivity contribution in [2.75, 3.05) is 20.1 Å². The molecule has 0 amide bonds. The highest BCUT2D eigenvalue weighted by molar-refractivity contribution is 5.38. The second kappa shape index (κ2) is 6.55. The summed E-state index contributed by atoms with van der Waals surface area (Å²) in [6.45, 7) is -0.858. The van der Waals surface area contributed by atoms with Crippen LogP contribution in [0.1, 0.15) is 11.1 Å². The molecule has 6 heteroatoms. The van der Waals surface area contributed by atoms with Gasteiger partial charge in [-0.25, -0.2) is 4.39 Å². The average molecular weight is 274 g/mol. The minimum atomic E-state index is -4.25. The van der Waals surface area contributed by atoms with Crippen LogP contribution in [0.25, 0.3) is 0 Å². The Labute approximate surface area is 109 Å². The predicted octanol–water partition coefficient (Wildman–Crippen LogP) is 2.13. The van der Waals surface area contributed by atoms with Crippen LogP contribution in [0.2, 0.25) is 0 Å². The highest BCUT2D eigenvalue weighted by Crippen LogP contribution is 2.17.